The summed E-state index contributed by atoms with van der Waals surface area (Å²) in [6.07, 6.45) is -4.85. The summed E-state index contributed by atoms with van der Waals surface area (Å²) in [5.41, 5.74) is 5.26. The summed E-state index contributed by atoms with van der Waals surface area (Å²) < 4.78 is 4.70. The van der Waals surface area contributed by atoms with Crippen LogP contribution < -0.4 is 5.73 Å². The minimum atomic E-state index is -1.35. The highest BCUT2D eigenvalue weighted by Gasteiger charge is 2.41. The lowest BCUT2D eigenvalue weighted by Gasteiger charge is -2.38. The van der Waals surface area contributed by atoms with Crippen molar-refractivity contribution in [1.29, 1.82) is 0 Å². The first kappa shape index (κ1) is 9.85. The van der Waals surface area contributed by atoms with Gasteiger partial charge in [-0.25, -0.2) is 0 Å². The molecular formula is C6H13NO5. The third kappa shape index (κ3) is 1.58. The number of nitrogens with two attached hydrogens (primary N) is 1. The van der Waals surface area contributed by atoms with Crippen molar-refractivity contribution in [3.63, 3.8) is 0 Å². The first-order valence-corrected chi connectivity index (χ1v) is 3.64. The van der Waals surface area contributed by atoms with E-state index in [1.807, 2.05) is 0 Å². The lowest BCUT2D eigenvalue weighted by molar-refractivity contribution is -0.248. The molecule has 0 aliphatic carbocycles. The monoisotopic (exact) mass is 181 g/mol. The van der Waals surface area contributed by atoms with Crippen molar-refractivity contribution in [2.24, 2.45) is 5.73 Å². The maximum Gasteiger partial charge on any atom is 0.173 e. The predicted molar refractivity (Wildman–Crippen MR) is 38.0 cm³/mol. The number of rotatable bonds is 1. The Morgan fingerprint density at radius 2 is 1.92 bits per heavy atom. The van der Waals surface area contributed by atoms with Gasteiger partial charge in [0.15, 0.2) is 6.29 Å². The van der Waals surface area contributed by atoms with Gasteiger partial charge in [0.05, 0.1) is 12.6 Å². The van der Waals surface area contributed by atoms with Crippen molar-refractivity contribution in [3.05, 3.63) is 0 Å². The van der Waals surface area contributed by atoms with Crippen molar-refractivity contribution < 1.29 is 25.2 Å². The van der Waals surface area contributed by atoms with Gasteiger partial charge >= 0.3 is 0 Å². The van der Waals surface area contributed by atoms with Gasteiger partial charge in [-0.2, -0.15) is 0 Å². The molecule has 6 heteroatoms. The van der Waals surface area contributed by atoms with E-state index in [-0.39, 0.29) is 0 Å². The van der Waals surface area contributed by atoms with Gasteiger partial charge < -0.3 is 30.9 Å². The second-order valence-corrected chi connectivity index (χ2v) is 2.81. The Hall–Kier alpha value is -0.240. The van der Waals surface area contributed by atoms with Crippen molar-refractivity contribution in [2.45, 2.75) is 30.6 Å². The molecule has 72 valence electrons. The molecule has 0 spiro atoms. The number of hydrogen-bond donors (Lipinski definition) is 5. The van der Waals surface area contributed by atoms with Crippen molar-refractivity contribution in [3.8, 4) is 0 Å². The third-order valence-electron chi connectivity index (χ3n) is 1.95. The van der Waals surface area contributed by atoms with Gasteiger partial charge in [-0.3, -0.25) is 0 Å². The van der Waals surface area contributed by atoms with Gasteiger partial charge in [0.25, 0.3) is 0 Å². The van der Waals surface area contributed by atoms with Gasteiger partial charge in [-0.15, -0.1) is 0 Å². The van der Waals surface area contributed by atoms with Gasteiger partial charge in [0.2, 0.25) is 0 Å². The zero-order chi connectivity index (χ0) is 9.30. The fraction of sp³-hybridized carbons (Fsp3) is 1.00. The third-order valence-corrected chi connectivity index (χ3v) is 1.95. The van der Waals surface area contributed by atoms with Gasteiger partial charge in [0.1, 0.15) is 18.3 Å². The Kier molecular flexibility index (Phi) is 2.99. The van der Waals surface area contributed by atoms with E-state index in [1.165, 1.54) is 0 Å². The summed E-state index contributed by atoms with van der Waals surface area (Å²) in [5, 5.41) is 36.1. The second kappa shape index (κ2) is 3.65. The van der Waals surface area contributed by atoms with E-state index in [9.17, 15) is 10.2 Å². The predicted octanol–water partition coefficient (Wildman–Crippen LogP) is -3.26. The Labute approximate surface area is 69.2 Å². The summed E-state index contributed by atoms with van der Waals surface area (Å²) in [7, 11) is 0. The van der Waals surface area contributed by atoms with E-state index in [0.29, 0.717) is 0 Å². The Morgan fingerprint density at radius 3 is 2.42 bits per heavy atom. The minimum absolute atomic E-state index is 0.470. The van der Waals surface area contributed by atoms with Crippen LogP contribution in [0.4, 0.5) is 0 Å². The van der Waals surface area contributed by atoms with Crippen molar-refractivity contribution >= 4 is 0 Å². The highest BCUT2D eigenvalue weighted by molar-refractivity contribution is 4.90. The van der Waals surface area contributed by atoms with E-state index in [4.69, 9.17) is 20.7 Å². The number of aliphatic hydroxyl groups is 4. The van der Waals surface area contributed by atoms with Crippen LogP contribution in [0, 0.1) is 0 Å². The van der Waals surface area contributed by atoms with Crippen LogP contribution in [0.25, 0.3) is 0 Å². The molecule has 0 radical (unpaired) electrons. The molecule has 1 saturated heterocycles. The molecule has 0 aromatic rings. The average Bonchev–Trinajstić information content (AvgIpc) is 2.08. The van der Waals surface area contributed by atoms with Crippen molar-refractivity contribution in [1.82, 2.24) is 0 Å². The normalized spacial score (nSPS) is 49.2. The quantitative estimate of drug-likeness (QED) is 0.290. The number of aliphatic hydroxyl groups excluding tert-OH is 4. The molecule has 1 aliphatic rings. The van der Waals surface area contributed by atoms with Crippen LogP contribution >= 0.6 is 0 Å². The van der Waals surface area contributed by atoms with E-state index in [1.54, 1.807) is 0 Å². The lowest BCUT2D eigenvalue weighted by atomic mass is 10.1. The molecular weight excluding hydrogens is 168 g/mol. The number of hydrogen-bond acceptors (Lipinski definition) is 6. The maximum atomic E-state index is 9.20. The van der Waals surface area contributed by atoms with E-state index in [2.05, 4.69) is 0 Å². The van der Waals surface area contributed by atoms with Crippen LogP contribution in [0.3, 0.4) is 0 Å². The Balaban J connectivity index is 2.63. The topological polar surface area (TPSA) is 116 Å². The summed E-state index contributed by atoms with van der Waals surface area (Å²) in [6, 6.07) is -1.04. The number of ether oxygens (including phenoxy) is 1. The fourth-order valence-corrected chi connectivity index (χ4v) is 1.12. The minimum Gasteiger partial charge on any atom is -0.394 e. The molecule has 5 atom stereocenters. The highest BCUT2D eigenvalue weighted by Crippen LogP contribution is 2.17. The van der Waals surface area contributed by atoms with Crippen LogP contribution in [0.1, 0.15) is 0 Å². The Morgan fingerprint density at radius 1 is 1.33 bits per heavy atom. The standard InChI is InChI=1S/C6H13NO5/c7-3-5(10)4(9)2(1-8)12-6(3)11/h2-6,8-11H,1,7H2/t2-,3+,4-,5-,6?/m1/s1/i6+2. The average molecular weight is 181 g/mol. The molecule has 0 saturated carbocycles. The largest absolute Gasteiger partial charge is 0.394 e. The smallest absolute Gasteiger partial charge is 0.173 e. The molecule has 1 heterocycles. The van der Waals surface area contributed by atoms with Gasteiger partial charge in [0, 0.05) is 0 Å². The molecule has 12 heavy (non-hydrogen) atoms. The summed E-state index contributed by atoms with van der Waals surface area (Å²) in [6.45, 7) is -0.470. The van der Waals surface area contributed by atoms with Crippen LogP contribution in [0.5, 0.6) is 0 Å². The molecule has 0 bridgehead atoms. The van der Waals surface area contributed by atoms with Crippen molar-refractivity contribution in [2.75, 3.05) is 6.61 Å². The fourth-order valence-electron chi connectivity index (χ4n) is 1.12. The highest BCUT2D eigenvalue weighted by atomic mass is 16.9. The zero-order valence-corrected chi connectivity index (χ0v) is 6.37. The van der Waals surface area contributed by atoms with Crippen LogP contribution in [0.15, 0.2) is 0 Å². The second-order valence-electron chi connectivity index (χ2n) is 2.81. The molecule has 0 aromatic heterocycles. The lowest BCUT2D eigenvalue weighted by Crippen LogP contribution is -2.61. The van der Waals surface area contributed by atoms with Gasteiger partial charge in [-0.1, -0.05) is 0 Å². The van der Waals surface area contributed by atoms with E-state index in [0.717, 1.165) is 0 Å². The van der Waals surface area contributed by atoms with Crippen LogP contribution in [-0.2, 0) is 4.74 Å². The van der Waals surface area contributed by atoms with Crippen LogP contribution in [-0.4, -0.2) is 57.7 Å². The zero-order valence-electron chi connectivity index (χ0n) is 6.37. The molecule has 0 amide bonds. The van der Waals surface area contributed by atoms with E-state index < -0.39 is 37.3 Å². The molecule has 1 unspecified atom stereocenters. The summed E-state index contributed by atoms with van der Waals surface area (Å²) >= 11 is 0. The van der Waals surface area contributed by atoms with Crippen LogP contribution in [0.2, 0.25) is 0 Å². The summed E-state index contributed by atoms with van der Waals surface area (Å²) in [5.74, 6) is 0. The molecule has 6 nitrogen and oxygen atoms in total. The first-order chi connectivity index (χ1) is 5.57. The molecule has 1 fully saturated rings. The SMILES string of the molecule is N[C@H]1[C@@H](O)[C@H](O)[C@@H](CO)O[14CH]1O. The maximum absolute atomic E-state index is 9.20. The van der Waals surface area contributed by atoms with E-state index >= 15 is 0 Å². The molecule has 1 aliphatic heterocycles. The Bertz CT molecular complexity index is 150. The summed E-state index contributed by atoms with van der Waals surface area (Å²) in [4.78, 5) is 0. The first-order valence-electron chi connectivity index (χ1n) is 3.64. The van der Waals surface area contributed by atoms with Gasteiger partial charge in [-0.05, 0) is 0 Å². The molecule has 0 aromatic carbocycles. The molecule has 6 N–H and O–H groups in total. The molecule has 1 rings (SSSR count).